The molecule has 0 fully saturated rings. The molecule has 0 unspecified atom stereocenters. The molecule has 4 aromatic rings. The van der Waals surface area contributed by atoms with E-state index < -0.39 is 0 Å². The predicted molar refractivity (Wildman–Crippen MR) is 101 cm³/mol. The van der Waals surface area contributed by atoms with Crippen molar-refractivity contribution in [1.82, 2.24) is 4.57 Å². The van der Waals surface area contributed by atoms with E-state index in [4.69, 9.17) is 32.6 Å². The standard InChI is InChI=1S/C20H12Cl2N2O/c21-15-5-6-16(22)20-14(15)11-23-19(17-2-1-8-24(17)20)13-4-3-12-7-9-25-18(12)10-13/h1-10H,11H2. The van der Waals surface area contributed by atoms with E-state index in [1.54, 1.807) is 6.26 Å². The molecule has 25 heavy (non-hydrogen) atoms. The van der Waals surface area contributed by atoms with Crippen LogP contribution in [0.2, 0.25) is 10.0 Å². The molecule has 0 spiro atoms. The van der Waals surface area contributed by atoms with Gasteiger partial charge in [0.05, 0.1) is 34.9 Å². The van der Waals surface area contributed by atoms with Gasteiger partial charge in [-0.3, -0.25) is 4.99 Å². The summed E-state index contributed by atoms with van der Waals surface area (Å²) in [5.74, 6) is 0. The van der Waals surface area contributed by atoms with Crippen LogP contribution in [-0.4, -0.2) is 10.3 Å². The molecule has 122 valence electrons. The lowest BCUT2D eigenvalue weighted by atomic mass is 10.1. The van der Waals surface area contributed by atoms with E-state index in [0.717, 1.165) is 39.2 Å². The third kappa shape index (κ3) is 2.24. The maximum atomic E-state index is 6.48. The highest BCUT2D eigenvalue weighted by Crippen LogP contribution is 2.35. The summed E-state index contributed by atoms with van der Waals surface area (Å²) in [7, 11) is 0. The summed E-state index contributed by atoms with van der Waals surface area (Å²) in [5, 5.41) is 2.41. The third-order valence-electron chi connectivity index (χ3n) is 4.53. The highest BCUT2D eigenvalue weighted by atomic mass is 35.5. The molecule has 0 bridgehead atoms. The van der Waals surface area contributed by atoms with E-state index in [0.29, 0.717) is 16.6 Å². The average molecular weight is 367 g/mol. The van der Waals surface area contributed by atoms with E-state index in [-0.39, 0.29) is 0 Å². The van der Waals surface area contributed by atoms with Gasteiger partial charge in [0, 0.05) is 27.7 Å². The molecule has 0 N–H and O–H groups in total. The van der Waals surface area contributed by atoms with Crippen LogP contribution in [0, 0.1) is 0 Å². The summed E-state index contributed by atoms with van der Waals surface area (Å²) in [5.41, 5.74) is 5.55. The second-order valence-electron chi connectivity index (χ2n) is 5.96. The van der Waals surface area contributed by atoms with Gasteiger partial charge >= 0.3 is 0 Å². The summed E-state index contributed by atoms with van der Waals surface area (Å²) in [6.07, 6.45) is 3.68. The van der Waals surface area contributed by atoms with Crippen molar-refractivity contribution in [1.29, 1.82) is 0 Å². The zero-order valence-corrected chi connectivity index (χ0v) is 14.6. The van der Waals surface area contributed by atoms with Crippen LogP contribution in [0.1, 0.15) is 16.8 Å². The van der Waals surface area contributed by atoms with Gasteiger partial charge in [-0.25, -0.2) is 0 Å². The lowest BCUT2D eigenvalue weighted by Crippen LogP contribution is -2.08. The first-order valence-corrected chi connectivity index (χ1v) is 8.65. The minimum atomic E-state index is 0.474. The molecule has 0 aliphatic carbocycles. The van der Waals surface area contributed by atoms with Crippen LogP contribution in [0.4, 0.5) is 0 Å². The van der Waals surface area contributed by atoms with E-state index in [1.807, 2.05) is 48.7 Å². The molecule has 2 aromatic carbocycles. The first-order valence-electron chi connectivity index (χ1n) is 7.89. The van der Waals surface area contributed by atoms with Crippen LogP contribution in [-0.2, 0) is 6.54 Å². The van der Waals surface area contributed by atoms with Crippen LogP contribution in [0.25, 0.3) is 16.7 Å². The van der Waals surface area contributed by atoms with Crippen molar-refractivity contribution in [3.05, 3.63) is 87.9 Å². The monoisotopic (exact) mass is 366 g/mol. The van der Waals surface area contributed by atoms with Crippen molar-refractivity contribution < 1.29 is 4.42 Å². The summed E-state index contributed by atoms with van der Waals surface area (Å²) in [6, 6.07) is 15.7. The quantitative estimate of drug-likeness (QED) is 0.413. The number of hydrogen-bond donors (Lipinski definition) is 0. The molecule has 3 heterocycles. The van der Waals surface area contributed by atoms with Crippen LogP contribution >= 0.6 is 23.2 Å². The van der Waals surface area contributed by atoms with Gasteiger partial charge in [-0.2, -0.15) is 0 Å². The number of fused-ring (bicyclic) bond motifs is 4. The maximum absolute atomic E-state index is 6.48. The van der Waals surface area contributed by atoms with Crippen LogP contribution in [0.5, 0.6) is 0 Å². The summed E-state index contributed by atoms with van der Waals surface area (Å²) in [4.78, 5) is 4.85. The lowest BCUT2D eigenvalue weighted by Gasteiger charge is -2.13. The Morgan fingerprint density at radius 2 is 1.88 bits per heavy atom. The van der Waals surface area contributed by atoms with Crippen molar-refractivity contribution in [2.75, 3.05) is 0 Å². The van der Waals surface area contributed by atoms with Gasteiger partial charge in [-0.15, -0.1) is 0 Å². The molecule has 3 nitrogen and oxygen atoms in total. The number of hydrogen-bond acceptors (Lipinski definition) is 2. The molecule has 1 aliphatic heterocycles. The Morgan fingerprint density at radius 1 is 1.00 bits per heavy atom. The molecule has 0 radical (unpaired) electrons. The molecule has 2 aromatic heterocycles. The van der Waals surface area contributed by atoms with Crippen LogP contribution in [0.15, 0.2) is 70.4 Å². The number of furan rings is 1. The highest BCUT2D eigenvalue weighted by Gasteiger charge is 2.22. The van der Waals surface area contributed by atoms with E-state index in [1.165, 1.54) is 0 Å². The van der Waals surface area contributed by atoms with Gasteiger partial charge in [-0.1, -0.05) is 35.3 Å². The first-order chi connectivity index (χ1) is 12.2. The minimum Gasteiger partial charge on any atom is -0.464 e. The summed E-state index contributed by atoms with van der Waals surface area (Å²) >= 11 is 12.9. The summed E-state index contributed by atoms with van der Waals surface area (Å²) < 4.78 is 7.60. The van der Waals surface area contributed by atoms with Crippen molar-refractivity contribution >= 4 is 39.9 Å². The van der Waals surface area contributed by atoms with Gasteiger partial charge in [0.1, 0.15) is 5.58 Å². The number of halogens is 2. The van der Waals surface area contributed by atoms with Crippen LogP contribution < -0.4 is 0 Å². The Balaban J connectivity index is 1.76. The molecule has 5 rings (SSSR count). The Hall–Kier alpha value is -2.49. The largest absolute Gasteiger partial charge is 0.464 e. The van der Waals surface area contributed by atoms with Gasteiger partial charge in [0.2, 0.25) is 0 Å². The number of rotatable bonds is 1. The van der Waals surface area contributed by atoms with Crippen molar-refractivity contribution in [2.45, 2.75) is 6.54 Å². The molecular weight excluding hydrogens is 355 g/mol. The Morgan fingerprint density at radius 3 is 2.80 bits per heavy atom. The van der Waals surface area contributed by atoms with Gasteiger partial charge < -0.3 is 8.98 Å². The predicted octanol–water partition coefficient (Wildman–Crippen LogP) is 5.88. The molecule has 0 atom stereocenters. The second-order valence-corrected chi connectivity index (χ2v) is 6.77. The molecule has 5 heteroatoms. The number of aliphatic imine (C=N–C) groups is 1. The fraction of sp³-hybridized carbons (Fsp3) is 0.0500. The SMILES string of the molecule is Clc1ccc(Cl)c2c1CN=C(c1ccc3ccoc3c1)c1cccn1-2. The zero-order chi connectivity index (χ0) is 17.0. The Bertz CT molecular complexity index is 1150. The third-order valence-corrected chi connectivity index (χ3v) is 5.19. The van der Waals surface area contributed by atoms with Crippen LogP contribution in [0.3, 0.4) is 0 Å². The van der Waals surface area contributed by atoms with E-state index >= 15 is 0 Å². The molecular formula is C20H12Cl2N2O. The van der Waals surface area contributed by atoms with Crippen molar-refractivity contribution in [3.63, 3.8) is 0 Å². The molecule has 0 saturated carbocycles. The topological polar surface area (TPSA) is 30.4 Å². The Kier molecular flexibility index (Phi) is 3.27. The molecule has 1 aliphatic rings. The molecule has 0 saturated heterocycles. The zero-order valence-electron chi connectivity index (χ0n) is 13.0. The number of benzene rings is 2. The van der Waals surface area contributed by atoms with Crippen molar-refractivity contribution in [3.8, 4) is 5.69 Å². The smallest absolute Gasteiger partial charge is 0.134 e. The normalized spacial score (nSPS) is 13.3. The summed E-state index contributed by atoms with van der Waals surface area (Å²) in [6.45, 7) is 0.474. The van der Waals surface area contributed by atoms with E-state index in [9.17, 15) is 0 Å². The van der Waals surface area contributed by atoms with E-state index in [2.05, 4.69) is 10.6 Å². The average Bonchev–Trinajstić information content (AvgIpc) is 3.24. The maximum Gasteiger partial charge on any atom is 0.134 e. The fourth-order valence-electron chi connectivity index (χ4n) is 3.34. The van der Waals surface area contributed by atoms with Gasteiger partial charge in [0.15, 0.2) is 0 Å². The minimum absolute atomic E-state index is 0.474. The number of nitrogens with zero attached hydrogens (tertiary/aromatic N) is 2. The van der Waals surface area contributed by atoms with Crippen molar-refractivity contribution in [2.24, 2.45) is 4.99 Å². The lowest BCUT2D eigenvalue weighted by molar-refractivity contribution is 0.616. The Labute approximate surface area is 154 Å². The van der Waals surface area contributed by atoms with Gasteiger partial charge in [0.25, 0.3) is 0 Å². The molecule has 0 amide bonds. The highest BCUT2D eigenvalue weighted by molar-refractivity contribution is 6.35. The first kappa shape index (κ1) is 14.8. The number of aromatic nitrogens is 1. The van der Waals surface area contributed by atoms with Gasteiger partial charge in [-0.05, 0) is 36.4 Å². The fourth-order valence-corrected chi connectivity index (χ4v) is 3.82. The second kappa shape index (κ2) is 5.51.